The molecule has 0 spiro atoms. The standard InChI is InChI=1S/C24H30FN5O4/c1-24(2,3)34-22(32)15-4-6-17(7-5-15)28-23-27-13-18(25)21(29-23)16-8-9-26-19(12-16)30-10-11-33-14-20(30)31/h8-9,12-13,15,17H,4-7,10-11,14H2,1-3H3,(H,27,28,29). The first-order valence-corrected chi connectivity index (χ1v) is 11.6. The van der Waals surface area contributed by atoms with Crippen molar-refractivity contribution in [3.8, 4) is 11.3 Å². The molecule has 1 N–H and O–H groups in total. The molecule has 1 amide bonds. The lowest BCUT2D eigenvalue weighted by Crippen LogP contribution is -2.42. The summed E-state index contributed by atoms with van der Waals surface area (Å²) in [6.07, 6.45) is 5.61. The second-order valence-corrected chi connectivity index (χ2v) is 9.62. The van der Waals surface area contributed by atoms with Crippen molar-refractivity contribution in [2.24, 2.45) is 5.92 Å². The van der Waals surface area contributed by atoms with Crippen LogP contribution in [0.15, 0.2) is 24.5 Å². The van der Waals surface area contributed by atoms with Gasteiger partial charge in [0.1, 0.15) is 23.7 Å². The molecule has 4 rings (SSSR count). The van der Waals surface area contributed by atoms with E-state index in [4.69, 9.17) is 9.47 Å². The number of hydrogen-bond acceptors (Lipinski definition) is 8. The van der Waals surface area contributed by atoms with Crippen molar-refractivity contribution in [3.05, 3.63) is 30.3 Å². The Balaban J connectivity index is 1.43. The van der Waals surface area contributed by atoms with E-state index >= 15 is 0 Å². The molecule has 0 unspecified atom stereocenters. The number of carbonyl (C=O) groups is 2. The number of amides is 1. The molecule has 2 aromatic rings. The zero-order chi connectivity index (χ0) is 24.3. The van der Waals surface area contributed by atoms with Gasteiger partial charge in [-0.25, -0.2) is 19.3 Å². The Kier molecular flexibility index (Phi) is 7.06. The van der Waals surface area contributed by atoms with Crippen molar-refractivity contribution in [2.45, 2.75) is 58.1 Å². The van der Waals surface area contributed by atoms with Crippen molar-refractivity contribution >= 4 is 23.6 Å². The summed E-state index contributed by atoms with van der Waals surface area (Å²) in [6.45, 7) is 6.41. The van der Waals surface area contributed by atoms with Crippen LogP contribution in [0.3, 0.4) is 0 Å². The fourth-order valence-electron chi connectivity index (χ4n) is 4.15. The lowest BCUT2D eigenvalue weighted by molar-refractivity contribution is -0.161. The summed E-state index contributed by atoms with van der Waals surface area (Å²) in [6, 6.07) is 3.37. The number of pyridine rings is 1. The Morgan fingerprint density at radius 3 is 2.71 bits per heavy atom. The van der Waals surface area contributed by atoms with Crippen molar-refractivity contribution < 1.29 is 23.5 Å². The molecule has 1 saturated heterocycles. The monoisotopic (exact) mass is 471 g/mol. The van der Waals surface area contributed by atoms with E-state index in [0.29, 0.717) is 43.3 Å². The van der Waals surface area contributed by atoms with Gasteiger partial charge in [-0.3, -0.25) is 14.5 Å². The van der Waals surface area contributed by atoms with Gasteiger partial charge in [-0.2, -0.15) is 0 Å². The molecule has 182 valence electrons. The number of rotatable bonds is 5. The number of nitrogens with zero attached hydrogens (tertiary/aromatic N) is 4. The van der Waals surface area contributed by atoms with E-state index in [1.807, 2.05) is 20.8 Å². The molecule has 1 saturated carbocycles. The molecule has 10 heteroatoms. The summed E-state index contributed by atoms with van der Waals surface area (Å²) >= 11 is 0. The third kappa shape index (κ3) is 5.85. The summed E-state index contributed by atoms with van der Waals surface area (Å²) < 4.78 is 25.3. The summed E-state index contributed by atoms with van der Waals surface area (Å²) in [5, 5.41) is 3.27. The van der Waals surface area contributed by atoms with Gasteiger partial charge in [0.15, 0.2) is 5.82 Å². The normalized spacial score (nSPS) is 21.3. The molecule has 2 aliphatic rings. The smallest absolute Gasteiger partial charge is 0.309 e. The van der Waals surface area contributed by atoms with Gasteiger partial charge in [0.25, 0.3) is 5.91 Å². The minimum atomic E-state index is -0.565. The zero-order valence-electron chi connectivity index (χ0n) is 19.7. The minimum absolute atomic E-state index is 0.00197. The van der Waals surface area contributed by atoms with E-state index in [1.54, 1.807) is 12.1 Å². The highest BCUT2D eigenvalue weighted by atomic mass is 19.1. The molecule has 0 aromatic carbocycles. The Hall–Kier alpha value is -3.14. The molecular formula is C24H30FN5O4. The number of hydrogen-bond donors (Lipinski definition) is 1. The topological polar surface area (TPSA) is 107 Å². The molecule has 0 bridgehead atoms. The number of morpholine rings is 1. The van der Waals surface area contributed by atoms with Crippen LogP contribution in [0.1, 0.15) is 46.5 Å². The number of halogens is 1. The van der Waals surface area contributed by atoms with Crippen LogP contribution in [0.25, 0.3) is 11.3 Å². The molecule has 34 heavy (non-hydrogen) atoms. The zero-order valence-corrected chi connectivity index (χ0v) is 19.7. The summed E-state index contributed by atoms with van der Waals surface area (Å²) in [7, 11) is 0. The van der Waals surface area contributed by atoms with Gasteiger partial charge < -0.3 is 14.8 Å². The molecule has 1 aliphatic heterocycles. The molecule has 0 radical (unpaired) electrons. The molecule has 0 atom stereocenters. The van der Waals surface area contributed by atoms with E-state index in [1.165, 1.54) is 11.1 Å². The van der Waals surface area contributed by atoms with Crippen molar-refractivity contribution in [3.63, 3.8) is 0 Å². The lowest BCUT2D eigenvalue weighted by atomic mass is 9.86. The quantitative estimate of drug-likeness (QED) is 0.662. The first-order chi connectivity index (χ1) is 16.2. The van der Waals surface area contributed by atoms with Crippen LogP contribution in [-0.4, -0.2) is 58.2 Å². The number of esters is 1. The van der Waals surface area contributed by atoms with Crippen molar-refractivity contribution in [2.75, 3.05) is 30.0 Å². The maximum absolute atomic E-state index is 14.6. The van der Waals surface area contributed by atoms with Gasteiger partial charge in [0, 0.05) is 17.8 Å². The second kappa shape index (κ2) is 10.0. The molecule has 9 nitrogen and oxygen atoms in total. The van der Waals surface area contributed by atoms with Crippen LogP contribution < -0.4 is 10.2 Å². The number of aromatic nitrogens is 3. The predicted octanol–water partition coefficient (Wildman–Crippen LogP) is 3.35. The van der Waals surface area contributed by atoms with Crippen LogP contribution in [-0.2, 0) is 19.1 Å². The van der Waals surface area contributed by atoms with Crippen LogP contribution >= 0.6 is 0 Å². The lowest BCUT2D eigenvalue weighted by Gasteiger charge is -2.30. The molecule has 2 aromatic heterocycles. The van der Waals surface area contributed by atoms with Gasteiger partial charge in [0.05, 0.1) is 25.3 Å². The third-order valence-corrected chi connectivity index (χ3v) is 5.83. The summed E-state index contributed by atoms with van der Waals surface area (Å²) in [5.74, 6) is -0.275. The minimum Gasteiger partial charge on any atom is -0.460 e. The number of ether oxygens (including phenoxy) is 2. The van der Waals surface area contributed by atoms with Gasteiger partial charge >= 0.3 is 5.97 Å². The summed E-state index contributed by atoms with van der Waals surface area (Å²) in [5.41, 5.74) is 0.136. The van der Waals surface area contributed by atoms with E-state index in [2.05, 4.69) is 20.3 Å². The Labute approximate surface area is 198 Å². The van der Waals surface area contributed by atoms with Gasteiger partial charge in [-0.1, -0.05) is 0 Å². The first-order valence-electron chi connectivity index (χ1n) is 11.6. The van der Waals surface area contributed by atoms with Crippen LogP contribution in [0.2, 0.25) is 0 Å². The highest BCUT2D eigenvalue weighted by Crippen LogP contribution is 2.29. The SMILES string of the molecule is CC(C)(C)OC(=O)C1CCC(Nc2ncc(F)c(-c3ccnc(N4CCOCC4=O)c3)n2)CC1. The molecule has 1 aliphatic carbocycles. The second-order valence-electron chi connectivity index (χ2n) is 9.62. The van der Waals surface area contributed by atoms with Gasteiger partial charge in [0.2, 0.25) is 5.95 Å². The van der Waals surface area contributed by atoms with Crippen molar-refractivity contribution in [1.29, 1.82) is 0 Å². The van der Waals surface area contributed by atoms with E-state index in [-0.39, 0.29) is 36.1 Å². The average molecular weight is 472 g/mol. The number of carbonyl (C=O) groups excluding carboxylic acids is 2. The molecule has 3 heterocycles. The van der Waals surface area contributed by atoms with E-state index in [9.17, 15) is 14.0 Å². The largest absolute Gasteiger partial charge is 0.460 e. The van der Waals surface area contributed by atoms with Crippen LogP contribution in [0, 0.1) is 11.7 Å². The van der Waals surface area contributed by atoms with E-state index in [0.717, 1.165) is 19.0 Å². The van der Waals surface area contributed by atoms with Crippen LogP contribution in [0.5, 0.6) is 0 Å². The Morgan fingerprint density at radius 1 is 1.24 bits per heavy atom. The highest BCUT2D eigenvalue weighted by Gasteiger charge is 2.30. The maximum Gasteiger partial charge on any atom is 0.309 e. The fourth-order valence-corrected chi connectivity index (χ4v) is 4.15. The molecular weight excluding hydrogens is 441 g/mol. The first kappa shape index (κ1) is 24.0. The Bertz CT molecular complexity index is 1050. The number of nitrogens with one attached hydrogen (secondary N) is 1. The highest BCUT2D eigenvalue weighted by molar-refractivity contribution is 5.94. The van der Waals surface area contributed by atoms with E-state index < -0.39 is 11.4 Å². The molecule has 2 fully saturated rings. The summed E-state index contributed by atoms with van der Waals surface area (Å²) in [4.78, 5) is 38.8. The van der Waals surface area contributed by atoms with Gasteiger partial charge in [-0.05, 0) is 58.6 Å². The maximum atomic E-state index is 14.6. The van der Waals surface area contributed by atoms with Crippen LogP contribution in [0.4, 0.5) is 16.2 Å². The fraction of sp³-hybridized carbons (Fsp3) is 0.542. The van der Waals surface area contributed by atoms with Crippen molar-refractivity contribution in [1.82, 2.24) is 15.0 Å². The number of anilines is 2. The van der Waals surface area contributed by atoms with Gasteiger partial charge in [-0.15, -0.1) is 0 Å². The Morgan fingerprint density at radius 2 is 2.00 bits per heavy atom. The average Bonchev–Trinajstić information content (AvgIpc) is 2.80. The third-order valence-electron chi connectivity index (χ3n) is 5.83. The predicted molar refractivity (Wildman–Crippen MR) is 124 cm³/mol.